The summed E-state index contributed by atoms with van der Waals surface area (Å²) >= 11 is 0. The summed E-state index contributed by atoms with van der Waals surface area (Å²) in [5, 5.41) is 0. The molecule has 0 bridgehead atoms. The molecule has 1 atom stereocenters. The molecule has 7 heteroatoms. The van der Waals surface area contributed by atoms with Crippen molar-refractivity contribution in [3.63, 3.8) is 0 Å². The maximum Gasteiger partial charge on any atom is 0.309 e. The molecule has 18 heavy (non-hydrogen) atoms. The van der Waals surface area contributed by atoms with E-state index in [1.807, 2.05) is 13.8 Å². The van der Waals surface area contributed by atoms with Gasteiger partial charge >= 0.3 is 5.97 Å². The van der Waals surface area contributed by atoms with Crippen LogP contribution in [0.5, 0.6) is 0 Å². The van der Waals surface area contributed by atoms with E-state index < -0.39 is 22.1 Å². The SMILES string of the molecule is CCOC(=O)[C@@H](C)CNS(=O)(=O)N(C)CC(C)C. The molecule has 0 fully saturated rings. The maximum atomic E-state index is 11.8. The summed E-state index contributed by atoms with van der Waals surface area (Å²) < 4.78 is 32.1. The van der Waals surface area contributed by atoms with Crippen molar-refractivity contribution >= 4 is 16.2 Å². The Bertz CT molecular complexity index is 354. The highest BCUT2D eigenvalue weighted by Gasteiger charge is 2.21. The van der Waals surface area contributed by atoms with E-state index in [0.717, 1.165) is 0 Å². The van der Waals surface area contributed by atoms with Crippen molar-refractivity contribution in [2.24, 2.45) is 11.8 Å². The van der Waals surface area contributed by atoms with Crippen LogP contribution in [0.3, 0.4) is 0 Å². The molecule has 0 saturated heterocycles. The van der Waals surface area contributed by atoms with E-state index >= 15 is 0 Å². The molecule has 0 heterocycles. The molecule has 0 amide bonds. The highest BCUT2D eigenvalue weighted by atomic mass is 32.2. The van der Waals surface area contributed by atoms with Gasteiger partial charge in [0, 0.05) is 20.1 Å². The number of rotatable bonds is 8. The molecule has 0 spiro atoms. The average molecular weight is 280 g/mol. The number of hydrogen-bond donors (Lipinski definition) is 1. The first-order chi connectivity index (χ1) is 8.20. The molecular formula is C11H24N2O4S. The Kier molecular flexibility index (Phi) is 7.42. The minimum absolute atomic E-state index is 0.0452. The van der Waals surface area contributed by atoms with Gasteiger partial charge in [0.2, 0.25) is 0 Å². The number of carbonyl (C=O) groups is 1. The van der Waals surface area contributed by atoms with Gasteiger partial charge in [0.25, 0.3) is 10.2 Å². The van der Waals surface area contributed by atoms with Crippen molar-refractivity contribution < 1.29 is 17.9 Å². The third-order valence-electron chi connectivity index (χ3n) is 2.29. The van der Waals surface area contributed by atoms with Crippen molar-refractivity contribution in [3.8, 4) is 0 Å². The van der Waals surface area contributed by atoms with E-state index in [0.29, 0.717) is 13.2 Å². The topological polar surface area (TPSA) is 75.7 Å². The zero-order valence-electron chi connectivity index (χ0n) is 11.8. The largest absolute Gasteiger partial charge is 0.466 e. The van der Waals surface area contributed by atoms with E-state index in [4.69, 9.17) is 4.74 Å². The number of nitrogens with zero attached hydrogens (tertiary/aromatic N) is 1. The Morgan fingerprint density at radius 1 is 1.33 bits per heavy atom. The van der Waals surface area contributed by atoms with Gasteiger partial charge in [-0.05, 0) is 12.8 Å². The van der Waals surface area contributed by atoms with E-state index in [1.54, 1.807) is 13.8 Å². The van der Waals surface area contributed by atoms with E-state index in [-0.39, 0.29) is 12.5 Å². The highest BCUT2D eigenvalue weighted by molar-refractivity contribution is 7.87. The van der Waals surface area contributed by atoms with Crippen LogP contribution in [0.15, 0.2) is 0 Å². The lowest BCUT2D eigenvalue weighted by Gasteiger charge is -2.20. The van der Waals surface area contributed by atoms with Gasteiger partial charge in [0.05, 0.1) is 12.5 Å². The number of hydrogen-bond acceptors (Lipinski definition) is 4. The Morgan fingerprint density at radius 2 is 1.89 bits per heavy atom. The third kappa shape index (κ3) is 6.32. The average Bonchev–Trinajstić information content (AvgIpc) is 2.25. The molecule has 0 aromatic carbocycles. The van der Waals surface area contributed by atoms with Gasteiger partial charge in [-0.25, -0.2) is 4.72 Å². The third-order valence-corrected chi connectivity index (χ3v) is 3.79. The first kappa shape index (κ1) is 17.3. The minimum atomic E-state index is -3.52. The Balaban J connectivity index is 4.30. The standard InChI is InChI=1S/C11H24N2O4S/c1-6-17-11(14)10(4)7-12-18(15,16)13(5)8-9(2)3/h9-10,12H,6-8H2,1-5H3/t10-/m0/s1. The molecule has 6 nitrogen and oxygen atoms in total. The summed E-state index contributed by atoms with van der Waals surface area (Å²) in [5.41, 5.74) is 0. The second-order valence-electron chi connectivity index (χ2n) is 4.68. The molecule has 0 saturated carbocycles. The van der Waals surface area contributed by atoms with Crippen LogP contribution >= 0.6 is 0 Å². The van der Waals surface area contributed by atoms with Gasteiger partial charge in [-0.1, -0.05) is 20.8 Å². The maximum absolute atomic E-state index is 11.8. The van der Waals surface area contributed by atoms with Gasteiger partial charge < -0.3 is 4.74 Å². The lowest BCUT2D eigenvalue weighted by molar-refractivity contribution is -0.147. The first-order valence-electron chi connectivity index (χ1n) is 6.08. The summed E-state index contributed by atoms with van der Waals surface area (Å²) in [5.74, 6) is -0.645. The molecule has 0 rings (SSSR count). The monoisotopic (exact) mass is 280 g/mol. The van der Waals surface area contributed by atoms with E-state index in [1.165, 1.54) is 11.4 Å². The molecule has 0 aliphatic rings. The van der Waals surface area contributed by atoms with E-state index in [9.17, 15) is 13.2 Å². The number of ether oxygens (including phenoxy) is 1. The van der Waals surface area contributed by atoms with Crippen molar-refractivity contribution in [3.05, 3.63) is 0 Å². The lowest BCUT2D eigenvalue weighted by atomic mass is 10.2. The summed E-state index contributed by atoms with van der Waals surface area (Å²) in [4.78, 5) is 11.3. The van der Waals surface area contributed by atoms with Crippen LogP contribution < -0.4 is 4.72 Å². The fourth-order valence-corrected chi connectivity index (χ4v) is 2.50. The van der Waals surface area contributed by atoms with Crippen LogP contribution in [0.1, 0.15) is 27.7 Å². The van der Waals surface area contributed by atoms with Crippen LogP contribution in [0, 0.1) is 11.8 Å². The van der Waals surface area contributed by atoms with Crippen molar-refractivity contribution in [1.82, 2.24) is 9.03 Å². The highest BCUT2D eigenvalue weighted by Crippen LogP contribution is 2.03. The predicted octanol–water partition coefficient (Wildman–Crippen LogP) is 0.608. The van der Waals surface area contributed by atoms with Gasteiger partial charge in [-0.2, -0.15) is 12.7 Å². The van der Waals surface area contributed by atoms with Crippen LogP contribution in [-0.2, 0) is 19.7 Å². The minimum Gasteiger partial charge on any atom is -0.466 e. The molecule has 0 aromatic rings. The Morgan fingerprint density at radius 3 is 2.33 bits per heavy atom. The zero-order chi connectivity index (χ0) is 14.3. The summed E-state index contributed by atoms with van der Waals surface area (Å²) in [6, 6.07) is 0. The van der Waals surface area contributed by atoms with Crippen LogP contribution in [0.2, 0.25) is 0 Å². The molecule has 0 aliphatic heterocycles. The van der Waals surface area contributed by atoms with Crippen molar-refractivity contribution in [2.75, 3.05) is 26.7 Å². The van der Waals surface area contributed by atoms with Crippen LogP contribution in [0.25, 0.3) is 0 Å². The zero-order valence-corrected chi connectivity index (χ0v) is 12.6. The number of carbonyl (C=O) groups excluding carboxylic acids is 1. The van der Waals surface area contributed by atoms with Crippen LogP contribution in [-0.4, -0.2) is 45.4 Å². The molecular weight excluding hydrogens is 256 g/mol. The molecule has 0 radical (unpaired) electrons. The summed E-state index contributed by atoms with van der Waals surface area (Å²) in [7, 11) is -2.01. The predicted molar refractivity (Wildman–Crippen MR) is 70.2 cm³/mol. The van der Waals surface area contributed by atoms with Gasteiger partial charge in [0.1, 0.15) is 0 Å². The quantitative estimate of drug-likeness (QED) is 0.661. The van der Waals surface area contributed by atoms with Gasteiger partial charge in [0.15, 0.2) is 0 Å². The van der Waals surface area contributed by atoms with Gasteiger partial charge in [-0.15, -0.1) is 0 Å². The number of nitrogens with one attached hydrogen (secondary N) is 1. The fourth-order valence-electron chi connectivity index (χ4n) is 1.32. The Labute approximate surface area is 110 Å². The lowest BCUT2D eigenvalue weighted by Crippen LogP contribution is -2.42. The molecule has 1 N–H and O–H groups in total. The second-order valence-corrected chi connectivity index (χ2v) is 6.54. The number of esters is 1. The van der Waals surface area contributed by atoms with Crippen molar-refractivity contribution in [1.29, 1.82) is 0 Å². The molecule has 108 valence electrons. The van der Waals surface area contributed by atoms with Gasteiger partial charge in [-0.3, -0.25) is 4.79 Å². The smallest absolute Gasteiger partial charge is 0.309 e. The molecule has 0 unspecified atom stereocenters. The summed E-state index contributed by atoms with van der Waals surface area (Å²) in [6.07, 6.45) is 0. The fraction of sp³-hybridized carbons (Fsp3) is 0.909. The normalized spacial score (nSPS) is 13.9. The molecule has 0 aromatic heterocycles. The van der Waals surface area contributed by atoms with Crippen LogP contribution in [0.4, 0.5) is 0 Å². The summed E-state index contributed by atoms with van der Waals surface area (Å²) in [6.45, 7) is 7.99. The Hall–Kier alpha value is -0.660. The van der Waals surface area contributed by atoms with E-state index in [2.05, 4.69) is 4.72 Å². The molecule has 0 aliphatic carbocycles. The van der Waals surface area contributed by atoms with Crippen molar-refractivity contribution in [2.45, 2.75) is 27.7 Å². The first-order valence-corrected chi connectivity index (χ1v) is 7.52. The second kappa shape index (κ2) is 7.70.